The summed E-state index contributed by atoms with van der Waals surface area (Å²) in [6.07, 6.45) is 4.23. The van der Waals surface area contributed by atoms with E-state index in [0.29, 0.717) is 6.42 Å². The Kier molecular flexibility index (Phi) is 3.20. The lowest BCUT2D eigenvalue weighted by Crippen LogP contribution is -1.89. The fourth-order valence-corrected chi connectivity index (χ4v) is 1.02. The molecule has 0 aliphatic rings. The van der Waals surface area contributed by atoms with Crippen molar-refractivity contribution < 1.29 is 4.92 Å². The van der Waals surface area contributed by atoms with Gasteiger partial charge in [0.25, 0.3) is 5.69 Å². The molecule has 0 saturated heterocycles. The van der Waals surface area contributed by atoms with Crippen LogP contribution in [-0.2, 0) is 6.42 Å². The van der Waals surface area contributed by atoms with Crippen LogP contribution in [0.2, 0.25) is 0 Å². The van der Waals surface area contributed by atoms with Gasteiger partial charge in [0.05, 0.1) is 4.92 Å². The molecule has 1 radical (unpaired) electrons. The molecule has 1 aromatic rings. The van der Waals surface area contributed by atoms with E-state index in [1.807, 2.05) is 12.1 Å². The van der Waals surface area contributed by atoms with Crippen molar-refractivity contribution in [1.29, 1.82) is 0 Å². The number of non-ortho nitro benzene ring substituents is 1. The summed E-state index contributed by atoms with van der Waals surface area (Å²) in [5.74, 6) is 0. The topological polar surface area (TPSA) is 43.1 Å². The van der Waals surface area contributed by atoms with Gasteiger partial charge in [0.2, 0.25) is 0 Å². The first-order valence-electron chi connectivity index (χ1n) is 3.91. The first kappa shape index (κ1) is 9.45. The minimum atomic E-state index is -0.391. The first-order valence-corrected chi connectivity index (χ1v) is 3.91. The Morgan fingerprint density at radius 2 is 2.31 bits per heavy atom. The highest BCUT2D eigenvalue weighted by atomic mass is 16.6. The van der Waals surface area contributed by atoms with E-state index in [-0.39, 0.29) is 5.69 Å². The third kappa shape index (κ3) is 2.71. The average Bonchev–Trinajstić information content (AvgIpc) is 2.15. The van der Waals surface area contributed by atoms with E-state index in [9.17, 15) is 10.1 Å². The highest BCUT2D eigenvalue weighted by Gasteiger charge is 2.03. The molecule has 1 aromatic carbocycles. The van der Waals surface area contributed by atoms with E-state index in [2.05, 4.69) is 6.92 Å². The molecule has 67 valence electrons. The lowest BCUT2D eigenvalue weighted by molar-refractivity contribution is -0.384. The van der Waals surface area contributed by atoms with Crippen LogP contribution in [0.3, 0.4) is 0 Å². The molecular weight excluding hydrogens is 166 g/mol. The fourth-order valence-electron chi connectivity index (χ4n) is 1.02. The van der Waals surface area contributed by atoms with Gasteiger partial charge < -0.3 is 0 Å². The normalized spacial score (nSPS) is 10.5. The van der Waals surface area contributed by atoms with Gasteiger partial charge in [-0.25, -0.2) is 0 Å². The van der Waals surface area contributed by atoms with Crippen LogP contribution in [0.4, 0.5) is 5.69 Å². The Labute approximate surface area is 76.9 Å². The maximum Gasteiger partial charge on any atom is 0.269 e. The van der Waals surface area contributed by atoms with Crippen LogP contribution in [0.1, 0.15) is 5.56 Å². The van der Waals surface area contributed by atoms with Gasteiger partial charge in [0.15, 0.2) is 0 Å². The van der Waals surface area contributed by atoms with Gasteiger partial charge in [-0.2, -0.15) is 0 Å². The molecular formula is C10H10NO2. The fraction of sp³-hybridized carbons (Fsp3) is 0.100. The molecule has 0 atom stereocenters. The number of hydrogen-bond donors (Lipinski definition) is 0. The molecule has 0 heterocycles. The van der Waals surface area contributed by atoms with E-state index in [4.69, 9.17) is 0 Å². The van der Waals surface area contributed by atoms with Gasteiger partial charge in [-0.15, -0.1) is 0 Å². The molecule has 3 heteroatoms. The van der Waals surface area contributed by atoms with Crippen molar-refractivity contribution in [2.24, 2.45) is 0 Å². The maximum absolute atomic E-state index is 10.4. The highest BCUT2D eigenvalue weighted by molar-refractivity contribution is 5.35. The zero-order valence-electron chi connectivity index (χ0n) is 7.14. The number of nitrogens with zero attached hydrogens (tertiary/aromatic N) is 1. The number of allylic oxidation sites excluding steroid dienone is 2. The summed E-state index contributed by atoms with van der Waals surface area (Å²) < 4.78 is 0. The molecule has 0 aliphatic heterocycles. The van der Waals surface area contributed by atoms with Crippen LogP contribution >= 0.6 is 0 Å². The molecule has 13 heavy (non-hydrogen) atoms. The predicted octanol–water partition coefficient (Wildman–Crippen LogP) is 2.53. The third-order valence-corrected chi connectivity index (χ3v) is 1.64. The lowest BCUT2D eigenvalue weighted by Gasteiger charge is -1.95. The van der Waals surface area contributed by atoms with E-state index in [1.54, 1.807) is 18.2 Å². The van der Waals surface area contributed by atoms with Gasteiger partial charge >= 0.3 is 0 Å². The SMILES string of the molecule is [CH2]C=CCc1cccc([N+](=O)[O-])c1. The third-order valence-electron chi connectivity index (χ3n) is 1.64. The zero-order chi connectivity index (χ0) is 9.68. The molecule has 3 nitrogen and oxygen atoms in total. The van der Waals surface area contributed by atoms with Crippen molar-refractivity contribution >= 4 is 5.69 Å². The maximum atomic E-state index is 10.4. The molecule has 0 aliphatic carbocycles. The molecule has 0 N–H and O–H groups in total. The summed E-state index contributed by atoms with van der Waals surface area (Å²) in [5.41, 5.74) is 1.06. The van der Waals surface area contributed by atoms with Crippen molar-refractivity contribution in [3.8, 4) is 0 Å². The minimum Gasteiger partial charge on any atom is -0.258 e. The molecule has 0 saturated carbocycles. The van der Waals surface area contributed by atoms with Gasteiger partial charge in [0, 0.05) is 12.1 Å². The molecule has 0 fully saturated rings. The van der Waals surface area contributed by atoms with E-state index >= 15 is 0 Å². The lowest BCUT2D eigenvalue weighted by atomic mass is 10.1. The summed E-state index contributed by atoms with van der Waals surface area (Å²) in [6.45, 7) is 3.54. The Morgan fingerprint density at radius 1 is 1.54 bits per heavy atom. The van der Waals surface area contributed by atoms with Gasteiger partial charge in [-0.3, -0.25) is 10.1 Å². The Balaban J connectivity index is 2.85. The second-order valence-corrected chi connectivity index (χ2v) is 2.60. The number of benzene rings is 1. The van der Waals surface area contributed by atoms with Gasteiger partial charge in [0.1, 0.15) is 0 Å². The average molecular weight is 176 g/mol. The van der Waals surface area contributed by atoms with Gasteiger partial charge in [-0.1, -0.05) is 24.3 Å². The van der Waals surface area contributed by atoms with E-state index in [0.717, 1.165) is 5.56 Å². The van der Waals surface area contributed by atoms with Crippen LogP contribution in [0.15, 0.2) is 36.4 Å². The smallest absolute Gasteiger partial charge is 0.258 e. The number of hydrogen-bond acceptors (Lipinski definition) is 2. The summed E-state index contributed by atoms with van der Waals surface area (Å²) in [7, 11) is 0. The molecule has 1 rings (SSSR count). The van der Waals surface area contributed by atoms with E-state index < -0.39 is 4.92 Å². The molecule has 0 unspecified atom stereocenters. The van der Waals surface area contributed by atoms with Crippen molar-refractivity contribution in [3.63, 3.8) is 0 Å². The van der Waals surface area contributed by atoms with E-state index in [1.165, 1.54) is 6.07 Å². The second kappa shape index (κ2) is 4.40. The van der Waals surface area contributed by atoms with Crippen molar-refractivity contribution in [1.82, 2.24) is 0 Å². The second-order valence-electron chi connectivity index (χ2n) is 2.60. The zero-order valence-corrected chi connectivity index (χ0v) is 7.14. The Hall–Kier alpha value is -1.64. The van der Waals surface area contributed by atoms with Crippen molar-refractivity contribution in [2.45, 2.75) is 6.42 Å². The van der Waals surface area contributed by atoms with Crippen LogP contribution < -0.4 is 0 Å². The monoisotopic (exact) mass is 176 g/mol. The molecule has 0 amide bonds. The molecule has 0 aromatic heterocycles. The predicted molar refractivity (Wildman–Crippen MR) is 51.3 cm³/mol. The molecule has 0 spiro atoms. The van der Waals surface area contributed by atoms with Crippen LogP contribution in [0, 0.1) is 17.0 Å². The number of nitro benzene ring substituents is 1. The van der Waals surface area contributed by atoms with Crippen molar-refractivity contribution in [2.75, 3.05) is 0 Å². The van der Waals surface area contributed by atoms with Crippen LogP contribution in [-0.4, -0.2) is 4.92 Å². The first-order chi connectivity index (χ1) is 6.24. The summed E-state index contributed by atoms with van der Waals surface area (Å²) in [4.78, 5) is 10.0. The van der Waals surface area contributed by atoms with Gasteiger partial charge in [-0.05, 0) is 18.9 Å². The number of nitro groups is 1. The standard InChI is InChI=1S/C10H10NO2/c1-2-3-5-9-6-4-7-10(8-9)11(12)13/h2-4,6-8H,1,5H2. The Bertz CT molecular complexity index is 331. The highest BCUT2D eigenvalue weighted by Crippen LogP contribution is 2.13. The number of rotatable bonds is 3. The summed E-state index contributed by atoms with van der Waals surface area (Å²) in [6, 6.07) is 6.59. The quantitative estimate of drug-likeness (QED) is 0.524. The van der Waals surface area contributed by atoms with Crippen LogP contribution in [0.25, 0.3) is 0 Å². The largest absolute Gasteiger partial charge is 0.269 e. The molecule has 0 bridgehead atoms. The van der Waals surface area contributed by atoms with Crippen LogP contribution in [0.5, 0.6) is 0 Å². The summed E-state index contributed by atoms with van der Waals surface area (Å²) >= 11 is 0. The Morgan fingerprint density at radius 3 is 2.92 bits per heavy atom. The summed E-state index contributed by atoms with van der Waals surface area (Å²) in [5, 5.41) is 10.4. The van der Waals surface area contributed by atoms with Crippen molar-refractivity contribution in [3.05, 3.63) is 59.0 Å². The minimum absolute atomic E-state index is 0.134.